The monoisotopic (exact) mass is 322 g/mol. The highest BCUT2D eigenvalue weighted by Gasteiger charge is 2.34. The molecule has 1 heterocycles. The van der Waals surface area contributed by atoms with E-state index in [1.165, 1.54) is 16.0 Å². The number of carbonyl (C=O) groups excluding carboxylic acids is 2. The third-order valence-electron chi connectivity index (χ3n) is 4.54. The zero-order chi connectivity index (χ0) is 17.1. The van der Waals surface area contributed by atoms with Gasteiger partial charge in [-0.1, -0.05) is 36.4 Å². The van der Waals surface area contributed by atoms with Crippen molar-refractivity contribution in [2.75, 3.05) is 13.1 Å². The van der Waals surface area contributed by atoms with Crippen LogP contribution in [0.5, 0.6) is 0 Å². The van der Waals surface area contributed by atoms with Gasteiger partial charge in [-0.15, -0.1) is 0 Å². The average Bonchev–Trinajstić information content (AvgIpc) is 2.84. The maximum absolute atomic E-state index is 12.3. The van der Waals surface area contributed by atoms with Crippen molar-refractivity contribution >= 4 is 11.8 Å². The number of amides is 2. The fraction of sp³-hybridized carbons (Fsp3) is 0.300. The van der Waals surface area contributed by atoms with Gasteiger partial charge < -0.3 is 5.32 Å². The predicted molar refractivity (Wildman–Crippen MR) is 94.0 cm³/mol. The van der Waals surface area contributed by atoms with Crippen LogP contribution < -0.4 is 5.32 Å². The maximum atomic E-state index is 12.3. The van der Waals surface area contributed by atoms with Crippen LogP contribution in [0.3, 0.4) is 0 Å². The molecule has 24 heavy (non-hydrogen) atoms. The molecule has 0 bridgehead atoms. The van der Waals surface area contributed by atoms with Crippen LogP contribution in [0.15, 0.2) is 48.5 Å². The Hall–Kier alpha value is -2.46. The molecule has 2 aromatic rings. The molecule has 0 saturated heterocycles. The van der Waals surface area contributed by atoms with Crippen molar-refractivity contribution in [2.24, 2.45) is 0 Å². The van der Waals surface area contributed by atoms with Gasteiger partial charge in [0, 0.05) is 12.6 Å². The Morgan fingerprint density at radius 1 is 0.958 bits per heavy atom. The zero-order valence-electron chi connectivity index (χ0n) is 14.1. The zero-order valence-corrected chi connectivity index (χ0v) is 14.1. The molecule has 0 aliphatic carbocycles. The molecule has 124 valence electrons. The van der Waals surface area contributed by atoms with E-state index in [-0.39, 0.29) is 17.9 Å². The Labute approximate surface area is 142 Å². The summed E-state index contributed by atoms with van der Waals surface area (Å²) in [4.78, 5) is 25.9. The second-order valence-corrected chi connectivity index (χ2v) is 6.19. The maximum Gasteiger partial charge on any atom is 0.261 e. The Morgan fingerprint density at radius 3 is 2.17 bits per heavy atom. The standard InChI is InChI=1S/C20H22N2O2/c1-14-8-3-4-9-16(14)15(2)21-12-7-13-22-19(23)17-10-5-6-11-18(17)20(22)24/h3-6,8-11,15,21H,7,12-13H2,1-2H3. The minimum atomic E-state index is -0.178. The summed E-state index contributed by atoms with van der Waals surface area (Å²) in [5, 5.41) is 3.47. The van der Waals surface area contributed by atoms with Gasteiger partial charge in [0.05, 0.1) is 11.1 Å². The van der Waals surface area contributed by atoms with Crippen LogP contribution in [0.4, 0.5) is 0 Å². The van der Waals surface area contributed by atoms with Crippen molar-refractivity contribution in [3.05, 3.63) is 70.8 Å². The normalized spacial score (nSPS) is 14.8. The molecule has 1 aliphatic rings. The van der Waals surface area contributed by atoms with E-state index in [1.807, 2.05) is 12.1 Å². The summed E-state index contributed by atoms with van der Waals surface area (Å²) in [6.45, 7) is 5.43. The van der Waals surface area contributed by atoms with Crippen LogP contribution in [-0.4, -0.2) is 29.8 Å². The number of nitrogens with one attached hydrogen (secondary N) is 1. The highest BCUT2D eigenvalue weighted by molar-refractivity contribution is 6.21. The fourth-order valence-electron chi connectivity index (χ4n) is 3.18. The highest BCUT2D eigenvalue weighted by atomic mass is 16.2. The number of imide groups is 1. The van der Waals surface area contributed by atoms with E-state index in [1.54, 1.807) is 24.3 Å². The Kier molecular flexibility index (Phi) is 4.76. The minimum absolute atomic E-state index is 0.178. The molecule has 4 heteroatoms. The molecular formula is C20H22N2O2. The smallest absolute Gasteiger partial charge is 0.261 e. The molecule has 0 saturated carbocycles. The number of nitrogens with zero attached hydrogens (tertiary/aromatic N) is 1. The SMILES string of the molecule is Cc1ccccc1C(C)NCCCN1C(=O)c2ccccc2C1=O. The summed E-state index contributed by atoms with van der Waals surface area (Å²) in [6, 6.07) is 15.6. The molecule has 4 nitrogen and oxygen atoms in total. The van der Waals surface area contributed by atoms with Gasteiger partial charge in [0.15, 0.2) is 0 Å². The van der Waals surface area contributed by atoms with Gasteiger partial charge in [0.1, 0.15) is 0 Å². The minimum Gasteiger partial charge on any atom is -0.310 e. The van der Waals surface area contributed by atoms with E-state index in [4.69, 9.17) is 0 Å². The molecule has 0 aromatic heterocycles. The van der Waals surface area contributed by atoms with Gasteiger partial charge in [-0.25, -0.2) is 0 Å². The van der Waals surface area contributed by atoms with Crippen LogP contribution >= 0.6 is 0 Å². The first-order valence-electron chi connectivity index (χ1n) is 8.33. The predicted octanol–water partition coefficient (Wildman–Crippen LogP) is 3.33. The number of carbonyl (C=O) groups is 2. The second-order valence-electron chi connectivity index (χ2n) is 6.19. The van der Waals surface area contributed by atoms with Crippen LogP contribution in [0, 0.1) is 6.92 Å². The lowest BCUT2D eigenvalue weighted by atomic mass is 10.0. The number of hydrogen-bond donors (Lipinski definition) is 1. The van der Waals surface area contributed by atoms with Crippen molar-refractivity contribution in [1.29, 1.82) is 0 Å². The van der Waals surface area contributed by atoms with Crippen molar-refractivity contribution in [1.82, 2.24) is 10.2 Å². The topological polar surface area (TPSA) is 49.4 Å². The molecule has 2 aromatic carbocycles. The lowest BCUT2D eigenvalue weighted by Gasteiger charge is -2.18. The van der Waals surface area contributed by atoms with E-state index in [2.05, 4.69) is 31.3 Å². The molecule has 1 unspecified atom stereocenters. The van der Waals surface area contributed by atoms with Crippen molar-refractivity contribution in [2.45, 2.75) is 26.3 Å². The first-order chi connectivity index (χ1) is 11.6. The molecule has 1 aliphatic heterocycles. The quantitative estimate of drug-likeness (QED) is 0.655. The van der Waals surface area contributed by atoms with E-state index in [0.29, 0.717) is 17.7 Å². The second kappa shape index (κ2) is 6.97. The first kappa shape index (κ1) is 16.4. The Balaban J connectivity index is 1.52. The summed E-state index contributed by atoms with van der Waals surface area (Å²) in [5.74, 6) is -0.356. The van der Waals surface area contributed by atoms with Gasteiger partial charge in [-0.3, -0.25) is 14.5 Å². The molecule has 0 fully saturated rings. The van der Waals surface area contributed by atoms with Gasteiger partial charge >= 0.3 is 0 Å². The average molecular weight is 322 g/mol. The largest absolute Gasteiger partial charge is 0.310 e. The molecule has 1 N–H and O–H groups in total. The van der Waals surface area contributed by atoms with Crippen molar-refractivity contribution in [3.8, 4) is 0 Å². The summed E-state index contributed by atoms with van der Waals surface area (Å²) in [6.07, 6.45) is 0.738. The van der Waals surface area contributed by atoms with E-state index in [9.17, 15) is 9.59 Å². The Bertz CT molecular complexity index is 735. The van der Waals surface area contributed by atoms with Crippen LogP contribution in [0.25, 0.3) is 0 Å². The number of benzene rings is 2. The van der Waals surface area contributed by atoms with E-state index >= 15 is 0 Å². The molecule has 3 rings (SSSR count). The number of rotatable bonds is 6. The molecule has 0 radical (unpaired) electrons. The van der Waals surface area contributed by atoms with Crippen LogP contribution in [0.2, 0.25) is 0 Å². The van der Waals surface area contributed by atoms with Gasteiger partial charge in [0.25, 0.3) is 11.8 Å². The number of hydrogen-bond acceptors (Lipinski definition) is 3. The lowest BCUT2D eigenvalue weighted by Crippen LogP contribution is -2.33. The van der Waals surface area contributed by atoms with E-state index < -0.39 is 0 Å². The summed E-state index contributed by atoms with van der Waals surface area (Å²) >= 11 is 0. The summed E-state index contributed by atoms with van der Waals surface area (Å²) in [7, 11) is 0. The van der Waals surface area contributed by atoms with Crippen LogP contribution in [0.1, 0.15) is 51.2 Å². The molecule has 1 atom stereocenters. The lowest BCUT2D eigenvalue weighted by molar-refractivity contribution is 0.0652. The number of aryl methyl sites for hydroxylation is 1. The van der Waals surface area contributed by atoms with Crippen molar-refractivity contribution in [3.63, 3.8) is 0 Å². The number of fused-ring (bicyclic) bond motifs is 1. The van der Waals surface area contributed by atoms with Gasteiger partial charge in [0.2, 0.25) is 0 Å². The van der Waals surface area contributed by atoms with Crippen LogP contribution in [-0.2, 0) is 0 Å². The van der Waals surface area contributed by atoms with Gasteiger partial charge in [-0.05, 0) is 50.1 Å². The Morgan fingerprint density at radius 2 is 1.54 bits per heavy atom. The first-order valence-corrected chi connectivity index (χ1v) is 8.33. The fourth-order valence-corrected chi connectivity index (χ4v) is 3.18. The summed E-state index contributed by atoms with van der Waals surface area (Å²) in [5.41, 5.74) is 3.57. The molecule has 0 spiro atoms. The third-order valence-corrected chi connectivity index (χ3v) is 4.54. The molecule has 2 amide bonds. The third kappa shape index (κ3) is 3.10. The highest BCUT2D eigenvalue weighted by Crippen LogP contribution is 2.22. The van der Waals surface area contributed by atoms with Crippen molar-refractivity contribution < 1.29 is 9.59 Å². The van der Waals surface area contributed by atoms with Gasteiger partial charge in [-0.2, -0.15) is 0 Å². The summed E-state index contributed by atoms with van der Waals surface area (Å²) < 4.78 is 0. The van der Waals surface area contributed by atoms with E-state index in [0.717, 1.165) is 13.0 Å². The molecular weight excluding hydrogens is 300 g/mol.